The van der Waals surface area contributed by atoms with E-state index in [4.69, 9.17) is 9.84 Å². The lowest BCUT2D eigenvalue weighted by Gasteiger charge is -2.15. The molecule has 0 amide bonds. The summed E-state index contributed by atoms with van der Waals surface area (Å²) in [4.78, 5) is 26.8. The molecule has 1 aliphatic rings. The maximum atomic E-state index is 11.1. The standard InChI is InChI=1S/C12H15N3O5/c1-14(8-2-3-8)4-5-20-11-10(12(16)17)6-9(7-13-11)15(18)19/h6-8H,2-5H2,1H3,(H,16,17). The van der Waals surface area contributed by atoms with Crippen LogP contribution in [0.5, 0.6) is 5.88 Å². The number of likely N-dealkylation sites (N-methyl/N-ethyl adjacent to an activating group) is 1. The Balaban J connectivity index is 2.02. The van der Waals surface area contributed by atoms with Gasteiger partial charge in [0.1, 0.15) is 18.4 Å². The predicted octanol–water partition coefficient (Wildman–Crippen LogP) is 1.16. The largest absolute Gasteiger partial charge is 0.477 e. The Morgan fingerprint density at radius 3 is 2.90 bits per heavy atom. The number of carboxylic acids is 1. The van der Waals surface area contributed by atoms with Crippen LogP contribution in [0.2, 0.25) is 0 Å². The maximum Gasteiger partial charge on any atom is 0.341 e. The lowest BCUT2D eigenvalue weighted by atomic mass is 10.2. The van der Waals surface area contributed by atoms with Crippen LogP contribution in [0.25, 0.3) is 0 Å². The topological polar surface area (TPSA) is 106 Å². The summed E-state index contributed by atoms with van der Waals surface area (Å²) < 4.78 is 5.33. The average Bonchev–Trinajstić information content (AvgIpc) is 3.22. The van der Waals surface area contributed by atoms with Crippen molar-refractivity contribution in [2.45, 2.75) is 18.9 Å². The number of rotatable bonds is 7. The molecular weight excluding hydrogens is 266 g/mol. The predicted molar refractivity (Wildman–Crippen MR) is 69.0 cm³/mol. The number of hydrogen-bond acceptors (Lipinski definition) is 6. The monoisotopic (exact) mass is 281 g/mol. The fourth-order valence-electron chi connectivity index (χ4n) is 1.79. The minimum Gasteiger partial charge on any atom is -0.477 e. The maximum absolute atomic E-state index is 11.1. The smallest absolute Gasteiger partial charge is 0.341 e. The Kier molecular flexibility index (Phi) is 4.14. The third-order valence-corrected chi connectivity index (χ3v) is 3.13. The number of carbonyl (C=O) groups is 1. The zero-order valence-electron chi connectivity index (χ0n) is 11.0. The number of pyridine rings is 1. The fourth-order valence-corrected chi connectivity index (χ4v) is 1.79. The summed E-state index contributed by atoms with van der Waals surface area (Å²) in [5.74, 6) is -1.39. The molecule has 0 saturated heterocycles. The van der Waals surface area contributed by atoms with Crippen LogP contribution >= 0.6 is 0 Å². The number of hydrogen-bond donors (Lipinski definition) is 1. The molecule has 0 radical (unpaired) electrons. The number of ether oxygens (including phenoxy) is 1. The van der Waals surface area contributed by atoms with Crippen LogP contribution < -0.4 is 4.74 Å². The first-order valence-corrected chi connectivity index (χ1v) is 6.20. The van der Waals surface area contributed by atoms with Crippen molar-refractivity contribution in [3.63, 3.8) is 0 Å². The van der Waals surface area contributed by atoms with Gasteiger partial charge in [0.2, 0.25) is 5.88 Å². The van der Waals surface area contributed by atoms with Crippen molar-refractivity contribution < 1.29 is 19.6 Å². The molecule has 1 aromatic rings. The van der Waals surface area contributed by atoms with Gasteiger partial charge in [-0.15, -0.1) is 0 Å². The first-order chi connectivity index (χ1) is 9.49. The number of nitro groups is 1. The molecule has 8 nitrogen and oxygen atoms in total. The van der Waals surface area contributed by atoms with Gasteiger partial charge in [0.05, 0.1) is 4.92 Å². The van der Waals surface area contributed by atoms with Gasteiger partial charge in [-0.2, -0.15) is 0 Å². The van der Waals surface area contributed by atoms with Crippen molar-refractivity contribution in [2.24, 2.45) is 0 Å². The Hall–Kier alpha value is -2.22. The van der Waals surface area contributed by atoms with Gasteiger partial charge in [0.15, 0.2) is 0 Å². The summed E-state index contributed by atoms with van der Waals surface area (Å²) in [6.45, 7) is 0.945. The van der Waals surface area contributed by atoms with Crippen LogP contribution in [0.4, 0.5) is 5.69 Å². The van der Waals surface area contributed by atoms with E-state index >= 15 is 0 Å². The first kappa shape index (κ1) is 14.2. The summed E-state index contributed by atoms with van der Waals surface area (Å²) in [5.41, 5.74) is -0.668. The van der Waals surface area contributed by atoms with Gasteiger partial charge in [-0.25, -0.2) is 9.78 Å². The summed E-state index contributed by atoms with van der Waals surface area (Å²) >= 11 is 0. The van der Waals surface area contributed by atoms with Crippen LogP contribution in [0, 0.1) is 10.1 Å². The van der Waals surface area contributed by atoms with Crippen molar-refractivity contribution >= 4 is 11.7 Å². The van der Waals surface area contributed by atoms with E-state index in [9.17, 15) is 14.9 Å². The second-order valence-electron chi connectivity index (χ2n) is 4.67. The molecule has 20 heavy (non-hydrogen) atoms. The summed E-state index contributed by atoms with van der Waals surface area (Å²) in [7, 11) is 1.97. The van der Waals surface area contributed by atoms with Crippen molar-refractivity contribution in [3.05, 3.63) is 27.9 Å². The molecule has 1 aliphatic carbocycles. The lowest BCUT2D eigenvalue weighted by Crippen LogP contribution is -2.26. The number of nitrogens with zero attached hydrogens (tertiary/aromatic N) is 3. The highest BCUT2D eigenvalue weighted by molar-refractivity contribution is 5.90. The number of aromatic nitrogens is 1. The van der Waals surface area contributed by atoms with Crippen molar-refractivity contribution in [3.8, 4) is 5.88 Å². The van der Waals surface area contributed by atoms with E-state index in [0.717, 1.165) is 12.3 Å². The number of carboxylic acid groups (broad SMARTS) is 1. The second-order valence-corrected chi connectivity index (χ2v) is 4.67. The highest BCUT2D eigenvalue weighted by atomic mass is 16.6. The van der Waals surface area contributed by atoms with Crippen molar-refractivity contribution in [1.29, 1.82) is 0 Å². The Morgan fingerprint density at radius 2 is 2.35 bits per heavy atom. The lowest BCUT2D eigenvalue weighted by molar-refractivity contribution is -0.385. The first-order valence-electron chi connectivity index (χ1n) is 6.20. The van der Waals surface area contributed by atoms with Gasteiger partial charge in [-0.05, 0) is 19.9 Å². The summed E-state index contributed by atoms with van der Waals surface area (Å²) in [5, 5.41) is 19.6. The van der Waals surface area contributed by atoms with E-state index in [-0.39, 0.29) is 23.7 Å². The molecule has 0 aliphatic heterocycles. The van der Waals surface area contributed by atoms with E-state index in [1.54, 1.807) is 0 Å². The summed E-state index contributed by atoms with van der Waals surface area (Å²) in [6.07, 6.45) is 3.34. The van der Waals surface area contributed by atoms with E-state index in [1.807, 2.05) is 7.05 Å². The van der Waals surface area contributed by atoms with Crippen LogP contribution in [0.15, 0.2) is 12.3 Å². The second kappa shape index (κ2) is 5.83. The van der Waals surface area contributed by atoms with E-state index in [2.05, 4.69) is 9.88 Å². The van der Waals surface area contributed by atoms with Crippen molar-refractivity contribution in [2.75, 3.05) is 20.2 Å². The zero-order chi connectivity index (χ0) is 14.7. The Labute approximate surface area is 115 Å². The average molecular weight is 281 g/mol. The van der Waals surface area contributed by atoms with Gasteiger partial charge in [0.25, 0.3) is 5.69 Å². The van der Waals surface area contributed by atoms with Gasteiger partial charge < -0.3 is 14.7 Å². The van der Waals surface area contributed by atoms with Crippen LogP contribution in [0.3, 0.4) is 0 Å². The highest BCUT2D eigenvalue weighted by Gasteiger charge is 2.26. The van der Waals surface area contributed by atoms with Crippen molar-refractivity contribution in [1.82, 2.24) is 9.88 Å². The molecule has 1 N–H and O–H groups in total. The molecule has 0 aromatic carbocycles. The molecule has 0 bridgehead atoms. The minimum atomic E-state index is -1.30. The van der Waals surface area contributed by atoms with Gasteiger partial charge in [-0.3, -0.25) is 10.1 Å². The van der Waals surface area contributed by atoms with Gasteiger partial charge in [0, 0.05) is 18.7 Å². The quantitative estimate of drug-likeness (QED) is 0.590. The van der Waals surface area contributed by atoms with Crippen LogP contribution in [-0.2, 0) is 0 Å². The Bertz CT molecular complexity index is 530. The number of aromatic carboxylic acids is 1. The molecule has 1 saturated carbocycles. The molecular formula is C12H15N3O5. The molecule has 108 valence electrons. The third kappa shape index (κ3) is 3.41. The van der Waals surface area contributed by atoms with E-state index in [0.29, 0.717) is 12.6 Å². The Morgan fingerprint density at radius 1 is 1.65 bits per heavy atom. The molecule has 1 heterocycles. The molecule has 0 unspecified atom stereocenters. The van der Waals surface area contributed by atoms with Gasteiger partial charge in [-0.1, -0.05) is 0 Å². The molecule has 8 heteroatoms. The normalized spacial score (nSPS) is 14.3. The van der Waals surface area contributed by atoms with Crippen LogP contribution in [0.1, 0.15) is 23.2 Å². The van der Waals surface area contributed by atoms with E-state index in [1.165, 1.54) is 12.8 Å². The minimum absolute atomic E-state index is 0.0905. The molecule has 0 spiro atoms. The van der Waals surface area contributed by atoms with E-state index < -0.39 is 10.9 Å². The molecule has 1 aromatic heterocycles. The highest BCUT2D eigenvalue weighted by Crippen LogP contribution is 2.25. The molecule has 2 rings (SSSR count). The summed E-state index contributed by atoms with van der Waals surface area (Å²) in [6, 6.07) is 1.54. The SMILES string of the molecule is CN(CCOc1ncc([N+](=O)[O-])cc1C(=O)O)C1CC1. The van der Waals surface area contributed by atoms with Crippen LogP contribution in [-0.4, -0.2) is 52.1 Å². The molecule has 0 atom stereocenters. The van der Waals surface area contributed by atoms with Gasteiger partial charge >= 0.3 is 5.97 Å². The zero-order valence-corrected chi connectivity index (χ0v) is 11.0. The fraction of sp³-hybridized carbons (Fsp3) is 0.500. The third-order valence-electron chi connectivity index (χ3n) is 3.13. The molecule has 1 fully saturated rings.